The number of rotatable bonds is 22. The van der Waals surface area contributed by atoms with Gasteiger partial charge >= 0.3 is 11.9 Å². The molecule has 41 heavy (non-hydrogen) atoms. The Morgan fingerprint density at radius 3 is 1.51 bits per heavy atom. The average molecular weight is 571 g/mol. The lowest BCUT2D eigenvalue weighted by Crippen LogP contribution is -2.15. The van der Waals surface area contributed by atoms with Gasteiger partial charge in [-0.1, -0.05) is 115 Å². The Labute approximate surface area is 246 Å². The molecule has 0 radical (unpaired) electrons. The Morgan fingerprint density at radius 1 is 0.585 bits per heavy atom. The van der Waals surface area contributed by atoms with Crippen LogP contribution in [-0.2, 0) is 27.4 Å². The number of benzene rings is 2. The average Bonchev–Trinajstić information content (AvgIpc) is 2.96. The van der Waals surface area contributed by atoms with E-state index in [0.717, 1.165) is 44.1 Å². The minimum Gasteiger partial charge on any atom is -0.507 e. The molecule has 0 fully saturated rings. The van der Waals surface area contributed by atoms with Crippen molar-refractivity contribution in [3.05, 3.63) is 58.7 Å². The minimum atomic E-state index is -0.787. The molecule has 228 valence electrons. The fourth-order valence-corrected chi connectivity index (χ4v) is 4.98. The van der Waals surface area contributed by atoms with E-state index in [4.69, 9.17) is 14.5 Å². The van der Waals surface area contributed by atoms with E-state index in [1.165, 1.54) is 63.5 Å². The molecular weight excluding hydrogens is 520 g/mol. The normalized spacial score (nSPS) is 11.0. The van der Waals surface area contributed by atoms with Crippen LogP contribution in [-0.4, -0.2) is 35.4 Å². The van der Waals surface area contributed by atoms with Gasteiger partial charge in [-0.05, 0) is 48.9 Å². The summed E-state index contributed by atoms with van der Waals surface area (Å²) in [6.45, 7) is 4.05. The van der Waals surface area contributed by atoms with Gasteiger partial charge in [0.15, 0.2) is 0 Å². The molecule has 0 saturated carbocycles. The summed E-state index contributed by atoms with van der Waals surface area (Å²) in [7, 11) is 0. The maximum atomic E-state index is 12.7. The molecule has 2 aromatic carbocycles. The summed E-state index contributed by atoms with van der Waals surface area (Å²) >= 11 is 0. The van der Waals surface area contributed by atoms with Crippen LogP contribution in [0.15, 0.2) is 36.4 Å². The number of esters is 1. The number of phenols is 2. The van der Waals surface area contributed by atoms with Crippen molar-refractivity contribution >= 4 is 11.9 Å². The van der Waals surface area contributed by atoms with Crippen molar-refractivity contribution in [1.82, 2.24) is 0 Å². The molecule has 2 aromatic rings. The first-order chi connectivity index (χ1) is 20.0. The number of hydrogen-bond acceptors (Lipinski definition) is 7. The number of aryl methyl sites for hydroxylation is 2. The Balaban J connectivity index is 1.77. The topological polar surface area (TPSA) is 102 Å². The van der Waals surface area contributed by atoms with Crippen LogP contribution in [0.5, 0.6) is 11.5 Å². The highest BCUT2D eigenvalue weighted by Gasteiger charge is 2.20. The zero-order chi connectivity index (χ0) is 29.7. The van der Waals surface area contributed by atoms with Gasteiger partial charge in [-0.3, -0.25) is 4.89 Å². The van der Waals surface area contributed by atoms with E-state index >= 15 is 0 Å². The number of unbranched alkanes of at least 4 members (excludes halogenated alkanes) is 12. The molecular formula is C34H50O7. The number of carbonyl (C=O) groups is 2. The second-order valence-electron chi connectivity index (χ2n) is 10.7. The van der Waals surface area contributed by atoms with E-state index in [0.29, 0.717) is 18.4 Å². The van der Waals surface area contributed by atoms with Gasteiger partial charge < -0.3 is 14.9 Å². The van der Waals surface area contributed by atoms with E-state index < -0.39 is 11.9 Å². The Kier molecular flexibility index (Phi) is 17.3. The van der Waals surface area contributed by atoms with Crippen molar-refractivity contribution in [2.24, 2.45) is 0 Å². The molecule has 7 nitrogen and oxygen atoms in total. The summed E-state index contributed by atoms with van der Waals surface area (Å²) in [6, 6.07) is 10.0. The van der Waals surface area contributed by atoms with Crippen LogP contribution in [0.4, 0.5) is 0 Å². The van der Waals surface area contributed by atoms with Crippen molar-refractivity contribution in [3.8, 4) is 11.5 Å². The molecule has 0 bridgehead atoms. The Morgan fingerprint density at radius 2 is 1.02 bits per heavy atom. The summed E-state index contributed by atoms with van der Waals surface area (Å²) in [5, 5.41) is 20.6. The molecule has 0 aliphatic rings. The highest BCUT2D eigenvalue weighted by atomic mass is 17.2. The van der Waals surface area contributed by atoms with Gasteiger partial charge in [-0.2, -0.15) is 4.89 Å². The lowest BCUT2D eigenvalue weighted by molar-refractivity contribution is -0.245. The van der Waals surface area contributed by atoms with Crippen molar-refractivity contribution < 1.29 is 34.3 Å². The monoisotopic (exact) mass is 570 g/mol. The maximum Gasteiger partial charge on any atom is 0.377 e. The fourth-order valence-electron chi connectivity index (χ4n) is 4.98. The molecule has 7 heteroatoms. The van der Waals surface area contributed by atoms with Crippen LogP contribution in [0.2, 0.25) is 0 Å². The largest absolute Gasteiger partial charge is 0.507 e. The van der Waals surface area contributed by atoms with E-state index in [1.807, 2.05) is 12.1 Å². The maximum absolute atomic E-state index is 12.7. The molecule has 0 aliphatic heterocycles. The second-order valence-corrected chi connectivity index (χ2v) is 10.7. The number of hydrogen-bond donors (Lipinski definition) is 2. The number of phenolic OH excluding ortho intramolecular Hbond substituents is 2. The third-order valence-corrected chi connectivity index (χ3v) is 7.30. The molecule has 0 amide bonds. The van der Waals surface area contributed by atoms with Crippen LogP contribution < -0.4 is 0 Å². The van der Waals surface area contributed by atoms with Crippen molar-refractivity contribution in [2.45, 2.75) is 117 Å². The SMILES string of the molecule is CCCCCCCCCc1cccc(O)c1C(=O)OCCOOC(=O)c1c(O)cccc1CCCCCCCCC. The summed E-state index contributed by atoms with van der Waals surface area (Å²) < 4.78 is 5.29. The van der Waals surface area contributed by atoms with Crippen molar-refractivity contribution in [2.75, 3.05) is 13.2 Å². The second kappa shape index (κ2) is 20.8. The van der Waals surface area contributed by atoms with Crippen LogP contribution in [0.1, 0.15) is 136 Å². The van der Waals surface area contributed by atoms with E-state index in [1.54, 1.807) is 12.1 Å². The molecule has 2 rings (SSSR count). The summed E-state index contributed by atoms with van der Waals surface area (Å²) in [4.78, 5) is 35.3. The fraction of sp³-hybridized carbons (Fsp3) is 0.588. The van der Waals surface area contributed by atoms with Crippen LogP contribution in [0.25, 0.3) is 0 Å². The highest BCUT2D eigenvalue weighted by Crippen LogP contribution is 2.25. The minimum absolute atomic E-state index is 0.0969. The van der Waals surface area contributed by atoms with Gasteiger partial charge in [-0.25, -0.2) is 9.59 Å². The predicted molar refractivity (Wildman–Crippen MR) is 161 cm³/mol. The first-order valence-corrected chi connectivity index (χ1v) is 15.6. The molecule has 0 aromatic heterocycles. The zero-order valence-electron chi connectivity index (χ0n) is 25.1. The number of ether oxygens (including phenoxy) is 1. The molecule has 0 saturated heterocycles. The molecule has 0 aliphatic carbocycles. The van der Waals surface area contributed by atoms with Gasteiger partial charge in [0.05, 0.1) is 0 Å². The lowest BCUT2D eigenvalue weighted by atomic mass is 9.99. The Bertz CT molecular complexity index is 952. The van der Waals surface area contributed by atoms with Crippen molar-refractivity contribution in [1.29, 1.82) is 0 Å². The van der Waals surface area contributed by atoms with E-state index in [9.17, 15) is 19.8 Å². The van der Waals surface area contributed by atoms with Gasteiger partial charge in [0.2, 0.25) is 0 Å². The van der Waals surface area contributed by atoms with E-state index in [-0.39, 0.29) is 35.8 Å². The third-order valence-electron chi connectivity index (χ3n) is 7.30. The molecule has 0 atom stereocenters. The van der Waals surface area contributed by atoms with E-state index in [2.05, 4.69) is 13.8 Å². The lowest BCUT2D eigenvalue weighted by Gasteiger charge is -2.12. The smallest absolute Gasteiger partial charge is 0.377 e. The first-order valence-electron chi connectivity index (χ1n) is 15.6. The quantitative estimate of drug-likeness (QED) is 0.0632. The summed E-state index contributed by atoms with van der Waals surface area (Å²) in [5.74, 6) is -1.70. The van der Waals surface area contributed by atoms with Gasteiger partial charge in [0.25, 0.3) is 0 Å². The zero-order valence-corrected chi connectivity index (χ0v) is 25.1. The first kappa shape index (κ1) is 34.1. The highest BCUT2D eigenvalue weighted by molar-refractivity contribution is 5.94. The standard InChI is InChI=1S/C34H50O7/c1-3-5-7-9-11-13-15-19-27-21-17-23-29(35)31(27)33(37)39-25-26-40-41-34(38)32-28(22-18-24-30(32)36)20-16-14-12-10-8-6-4-2/h17-18,21-24,35-36H,3-16,19-20,25-26H2,1-2H3. The van der Waals surface area contributed by atoms with Crippen LogP contribution in [0.3, 0.4) is 0 Å². The Hall–Kier alpha value is -3.06. The van der Waals surface area contributed by atoms with Crippen LogP contribution >= 0.6 is 0 Å². The summed E-state index contributed by atoms with van der Waals surface area (Å²) in [5.41, 5.74) is 1.73. The van der Waals surface area contributed by atoms with Crippen LogP contribution in [0, 0.1) is 0 Å². The van der Waals surface area contributed by atoms with Crippen molar-refractivity contribution in [3.63, 3.8) is 0 Å². The number of aromatic hydroxyl groups is 2. The summed E-state index contributed by atoms with van der Waals surface area (Å²) in [6.07, 6.45) is 17.5. The molecule has 0 unspecified atom stereocenters. The van der Waals surface area contributed by atoms with Gasteiger partial charge in [0, 0.05) is 0 Å². The number of carbonyl (C=O) groups excluding carboxylic acids is 2. The predicted octanol–water partition coefficient (Wildman–Crippen LogP) is 8.63. The molecule has 0 spiro atoms. The molecule has 2 N–H and O–H groups in total. The molecule has 0 heterocycles. The van der Waals surface area contributed by atoms with Gasteiger partial charge in [-0.15, -0.1) is 0 Å². The third kappa shape index (κ3) is 13.0. The van der Waals surface area contributed by atoms with Gasteiger partial charge in [0.1, 0.15) is 35.8 Å².